The summed E-state index contributed by atoms with van der Waals surface area (Å²) in [7, 11) is 4.82. The third-order valence-corrected chi connectivity index (χ3v) is 4.62. The fraction of sp³-hybridized carbons (Fsp3) is 0.429. The Hall–Kier alpha value is -2.76. The van der Waals surface area contributed by atoms with Crippen molar-refractivity contribution >= 4 is 0 Å². The standard InChI is InChI=1S/C21H26O6/c1-6-7-25-16-11-18-17(26-12-27-18)10-15(16)13(2)14-8-19(22-3)21(24-5)20(9-14)23-4/h8-11,13H,6-7,12H2,1-5H3. The van der Waals surface area contributed by atoms with Crippen LogP contribution in [0, 0.1) is 0 Å². The highest BCUT2D eigenvalue weighted by molar-refractivity contribution is 5.58. The number of benzene rings is 2. The van der Waals surface area contributed by atoms with Crippen molar-refractivity contribution < 1.29 is 28.4 Å². The molecule has 2 aromatic rings. The van der Waals surface area contributed by atoms with Crippen LogP contribution in [0.3, 0.4) is 0 Å². The molecular formula is C21H26O6. The van der Waals surface area contributed by atoms with E-state index < -0.39 is 0 Å². The molecule has 0 fully saturated rings. The Bertz CT molecular complexity index is 776. The molecule has 0 aromatic heterocycles. The Morgan fingerprint density at radius 1 is 0.889 bits per heavy atom. The molecule has 146 valence electrons. The second-order valence-corrected chi connectivity index (χ2v) is 6.27. The van der Waals surface area contributed by atoms with Crippen molar-refractivity contribution in [1.29, 1.82) is 0 Å². The van der Waals surface area contributed by atoms with Crippen LogP contribution in [0.5, 0.6) is 34.5 Å². The number of fused-ring (bicyclic) bond motifs is 1. The zero-order chi connectivity index (χ0) is 19.4. The van der Waals surface area contributed by atoms with Crippen molar-refractivity contribution in [1.82, 2.24) is 0 Å². The van der Waals surface area contributed by atoms with E-state index >= 15 is 0 Å². The zero-order valence-corrected chi connectivity index (χ0v) is 16.5. The lowest BCUT2D eigenvalue weighted by atomic mass is 9.91. The summed E-state index contributed by atoms with van der Waals surface area (Å²) in [6.45, 7) is 5.05. The maximum Gasteiger partial charge on any atom is 0.231 e. The first-order valence-electron chi connectivity index (χ1n) is 8.99. The van der Waals surface area contributed by atoms with Gasteiger partial charge in [0.2, 0.25) is 12.5 Å². The van der Waals surface area contributed by atoms with Crippen LogP contribution in [-0.4, -0.2) is 34.7 Å². The Morgan fingerprint density at radius 3 is 2.07 bits per heavy atom. The van der Waals surface area contributed by atoms with Crippen LogP contribution in [0.15, 0.2) is 24.3 Å². The molecule has 0 saturated heterocycles. The van der Waals surface area contributed by atoms with Gasteiger partial charge >= 0.3 is 0 Å². The van der Waals surface area contributed by atoms with Gasteiger partial charge < -0.3 is 28.4 Å². The number of hydrogen-bond donors (Lipinski definition) is 0. The second kappa shape index (κ2) is 8.29. The highest BCUT2D eigenvalue weighted by Crippen LogP contribution is 2.45. The van der Waals surface area contributed by atoms with Gasteiger partial charge in [0, 0.05) is 17.5 Å². The van der Waals surface area contributed by atoms with Crippen molar-refractivity contribution in [3.8, 4) is 34.5 Å². The molecule has 1 heterocycles. The van der Waals surface area contributed by atoms with Gasteiger partial charge in [-0.1, -0.05) is 13.8 Å². The topological polar surface area (TPSA) is 55.4 Å². The number of ether oxygens (including phenoxy) is 6. The first kappa shape index (κ1) is 19.0. The average Bonchev–Trinajstić information content (AvgIpc) is 3.17. The minimum Gasteiger partial charge on any atom is -0.493 e. The van der Waals surface area contributed by atoms with Crippen LogP contribution in [-0.2, 0) is 0 Å². The van der Waals surface area contributed by atoms with Crippen molar-refractivity contribution in [3.63, 3.8) is 0 Å². The van der Waals surface area contributed by atoms with Crippen LogP contribution in [0.25, 0.3) is 0 Å². The minimum absolute atomic E-state index is 0.0139. The molecule has 3 rings (SSSR count). The van der Waals surface area contributed by atoms with Gasteiger partial charge in [-0.2, -0.15) is 0 Å². The van der Waals surface area contributed by atoms with Gasteiger partial charge in [-0.05, 0) is 30.2 Å². The van der Waals surface area contributed by atoms with Gasteiger partial charge in [0.1, 0.15) is 5.75 Å². The fourth-order valence-corrected chi connectivity index (χ4v) is 3.15. The lowest BCUT2D eigenvalue weighted by Crippen LogP contribution is -2.04. The molecular weight excluding hydrogens is 348 g/mol. The van der Waals surface area contributed by atoms with E-state index in [4.69, 9.17) is 28.4 Å². The predicted molar refractivity (Wildman–Crippen MR) is 102 cm³/mol. The summed E-state index contributed by atoms with van der Waals surface area (Å²) in [6, 6.07) is 7.81. The monoisotopic (exact) mass is 374 g/mol. The van der Waals surface area contributed by atoms with Gasteiger partial charge in [-0.3, -0.25) is 0 Å². The summed E-state index contributed by atoms with van der Waals surface area (Å²) in [5.41, 5.74) is 2.03. The van der Waals surface area contributed by atoms with E-state index in [1.165, 1.54) is 0 Å². The van der Waals surface area contributed by atoms with Crippen molar-refractivity contribution in [2.45, 2.75) is 26.2 Å². The Labute approximate surface area is 159 Å². The summed E-state index contributed by atoms with van der Waals surface area (Å²) >= 11 is 0. The van der Waals surface area contributed by atoms with Crippen molar-refractivity contribution in [2.75, 3.05) is 34.7 Å². The average molecular weight is 374 g/mol. The zero-order valence-electron chi connectivity index (χ0n) is 16.5. The molecule has 0 spiro atoms. The summed E-state index contributed by atoms with van der Waals surface area (Å²) < 4.78 is 33.5. The molecule has 0 amide bonds. The van der Waals surface area contributed by atoms with Crippen molar-refractivity contribution in [3.05, 3.63) is 35.4 Å². The highest BCUT2D eigenvalue weighted by atomic mass is 16.7. The number of methoxy groups -OCH3 is 3. The third kappa shape index (κ3) is 3.70. The van der Waals surface area contributed by atoms with Gasteiger partial charge in [0.05, 0.1) is 27.9 Å². The molecule has 1 aliphatic heterocycles. The molecule has 1 atom stereocenters. The molecule has 6 heteroatoms. The molecule has 1 aliphatic rings. The van der Waals surface area contributed by atoms with Crippen LogP contribution < -0.4 is 28.4 Å². The van der Waals surface area contributed by atoms with Gasteiger partial charge in [0.25, 0.3) is 0 Å². The largest absolute Gasteiger partial charge is 0.493 e. The first-order valence-corrected chi connectivity index (χ1v) is 8.99. The van der Waals surface area contributed by atoms with E-state index in [0.29, 0.717) is 29.6 Å². The first-order chi connectivity index (χ1) is 13.1. The summed E-state index contributed by atoms with van der Waals surface area (Å²) in [5, 5.41) is 0. The summed E-state index contributed by atoms with van der Waals surface area (Å²) in [4.78, 5) is 0. The van der Waals surface area contributed by atoms with E-state index in [9.17, 15) is 0 Å². The molecule has 0 saturated carbocycles. The van der Waals surface area contributed by atoms with Crippen LogP contribution in [0.1, 0.15) is 37.3 Å². The molecule has 27 heavy (non-hydrogen) atoms. The van der Waals surface area contributed by atoms with Crippen molar-refractivity contribution in [2.24, 2.45) is 0 Å². The Balaban J connectivity index is 2.06. The number of hydrogen-bond acceptors (Lipinski definition) is 6. The molecule has 0 radical (unpaired) electrons. The molecule has 0 N–H and O–H groups in total. The van der Waals surface area contributed by atoms with Crippen LogP contribution in [0.4, 0.5) is 0 Å². The maximum atomic E-state index is 5.99. The molecule has 2 aromatic carbocycles. The van der Waals surface area contributed by atoms with E-state index in [1.54, 1.807) is 21.3 Å². The van der Waals surface area contributed by atoms with Gasteiger partial charge in [0.15, 0.2) is 23.0 Å². The van der Waals surface area contributed by atoms with Gasteiger partial charge in [-0.15, -0.1) is 0 Å². The molecule has 0 aliphatic carbocycles. The molecule has 1 unspecified atom stereocenters. The lowest BCUT2D eigenvalue weighted by Gasteiger charge is -2.20. The maximum absolute atomic E-state index is 5.99. The summed E-state index contributed by atoms with van der Waals surface area (Å²) in [5.74, 6) is 4.06. The Kier molecular flexibility index (Phi) is 5.84. The van der Waals surface area contributed by atoms with E-state index in [0.717, 1.165) is 29.0 Å². The fourth-order valence-electron chi connectivity index (χ4n) is 3.15. The Morgan fingerprint density at radius 2 is 1.52 bits per heavy atom. The number of rotatable bonds is 8. The SMILES string of the molecule is CCCOc1cc2c(cc1C(C)c1cc(OC)c(OC)c(OC)c1)OCO2. The van der Waals surface area contributed by atoms with Crippen LogP contribution in [0.2, 0.25) is 0 Å². The van der Waals surface area contributed by atoms with E-state index in [1.807, 2.05) is 24.3 Å². The quantitative estimate of drug-likeness (QED) is 0.683. The minimum atomic E-state index is 0.0139. The molecule has 6 nitrogen and oxygen atoms in total. The van der Waals surface area contributed by atoms with E-state index in [2.05, 4.69) is 13.8 Å². The van der Waals surface area contributed by atoms with E-state index in [-0.39, 0.29) is 12.7 Å². The predicted octanol–water partition coefficient (Wildman–Crippen LogP) is 4.38. The van der Waals surface area contributed by atoms with Crippen LogP contribution >= 0.6 is 0 Å². The highest BCUT2D eigenvalue weighted by Gasteiger charge is 2.24. The summed E-state index contributed by atoms with van der Waals surface area (Å²) in [6.07, 6.45) is 0.923. The normalized spacial score (nSPS) is 13.2. The lowest BCUT2D eigenvalue weighted by molar-refractivity contribution is 0.173. The molecule has 0 bridgehead atoms. The smallest absolute Gasteiger partial charge is 0.231 e. The second-order valence-electron chi connectivity index (χ2n) is 6.27. The third-order valence-electron chi connectivity index (χ3n) is 4.62. The van der Waals surface area contributed by atoms with Gasteiger partial charge in [-0.25, -0.2) is 0 Å².